The summed E-state index contributed by atoms with van der Waals surface area (Å²) < 4.78 is 5.48. The smallest absolute Gasteiger partial charge is 0.205 e. The zero-order valence-electron chi connectivity index (χ0n) is 11.0. The van der Waals surface area contributed by atoms with E-state index in [0.717, 1.165) is 17.7 Å². The molecule has 0 spiro atoms. The van der Waals surface area contributed by atoms with Crippen molar-refractivity contribution in [2.45, 2.75) is 12.8 Å². The lowest BCUT2D eigenvalue weighted by Gasteiger charge is -2.18. The maximum atomic E-state index is 9.02. The topological polar surface area (TPSA) is 59.0 Å². The van der Waals surface area contributed by atoms with Crippen molar-refractivity contribution in [1.29, 1.82) is 5.26 Å². The quantitative estimate of drug-likeness (QED) is 0.905. The minimum absolute atomic E-state index is 0.218. The van der Waals surface area contributed by atoms with E-state index < -0.39 is 0 Å². The Bertz CT molecular complexity index is 712. The van der Waals surface area contributed by atoms with Gasteiger partial charge in [0.15, 0.2) is 0 Å². The van der Waals surface area contributed by atoms with Crippen LogP contribution in [0.4, 0.5) is 0 Å². The molecule has 0 saturated carbocycles. The molecule has 1 heterocycles. The lowest BCUT2D eigenvalue weighted by Crippen LogP contribution is -2.16. The fraction of sp³-hybridized carbons (Fsp3) is 0.118. The van der Waals surface area contributed by atoms with E-state index in [1.807, 2.05) is 30.3 Å². The molecule has 0 fully saturated rings. The van der Waals surface area contributed by atoms with Gasteiger partial charge in [-0.15, -0.1) is 0 Å². The van der Waals surface area contributed by atoms with E-state index >= 15 is 0 Å². The molecule has 98 valence electrons. The summed E-state index contributed by atoms with van der Waals surface area (Å²) in [6.07, 6.45) is 1.41. The number of hydrogen-bond acceptors (Lipinski definition) is 3. The van der Waals surface area contributed by atoms with Crippen LogP contribution in [0, 0.1) is 11.3 Å². The van der Waals surface area contributed by atoms with Crippen LogP contribution < -0.4 is 10.5 Å². The maximum absolute atomic E-state index is 9.02. The second-order valence-electron chi connectivity index (χ2n) is 4.84. The third kappa shape index (κ3) is 2.36. The molecule has 3 heteroatoms. The van der Waals surface area contributed by atoms with Gasteiger partial charge >= 0.3 is 0 Å². The normalized spacial score (nSPS) is 13.3. The zero-order valence-corrected chi connectivity index (χ0v) is 11.0. The Kier molecular flexibility index (Phi) is 3.14. The first kappa shape index (κ1) is 12.3. The summed E-state index contributed by atoms with van der Waals surface area (Å²) in [5.74, 6) is 0.967. The molecule has 0 aliphatic carbocycles. The molecule has 1 aliphatic rings. The lowest BCUT2D eigenvalue weighted by molar-refractivity contribution is 0.399. The van der Waals surface area contributed by atoms with Gasteiger partial charge in [-0.1, -0.05) is 42.5 Å². The highest BCUT2D eigenvalue weighted by atomic mass is 16.5. The van der Waals surface area contributed by atoms with Gasteiger partial charge in [0.1, 0.15) is 11.8 Å². The predicted octanol–water partition coefficient (Wildman–Crippen LogP) is 2.91. The number of ether oxygens (including phenoxy) is 1. The molecule has 20 heavy (non-hydrogen) atoms. The number of nitriles is 1. The monoisotopic (exact) mass is 262 g/mol. The Morgan fingerprint density at radius 3 is 2.65 bits per heavy atom. The molecular weight excluding hydrogens is 248 g/mol. The van der Waals surface area contributed by atoms with E-state index in [0.29, 0.717) is 12.0 Å². The summed E-state index contributed by atoms with van der Waals surface area (Å²) in [4.78, 5) is 0. The van der Waals surface area contributed by atoms with E-state index in [2.05, 4.69) is 24.3 Å². The van der Waals surface area contributed by atoms with Gasteiger partial charge in [0, 0.05) is 12.0 Å². The zero-order chi connectivity index (χ0) is 13.9. The van der Waals surface area contributed by atoms with Crippen LogP contribution in [-0.4, -0.2) is 0 Å². The standard InChI is InChI=1S/C17H14N2O/c18-11-15-10-14-9-13(6-7-16(14)20-17(15)19)8-12-4-2-1-3-5-12/h1-7,9H,8,10,19H2. The first-order valence-corrected chi connectivity index (χ1v) is 6.48. The van der Waals surface area contributed by atoms with Gasteiger partial charge < -0.3 is 10.5 Å². The van der Waals surface area contributed by atoms with Crippen molar-refractivity contribution in [1.82, 2.24) is 0 Å². The predicted molar refractivity (Wildman–Crippen MR) is 76.8 cm³/mol. The Labute approximate surface area is 117 Å². The minimum Gasteiger partial charge on any atom is -0.440 e. The molecule has 2 N–H and O–H groups in total. The highest BCUT2D eigenvalue weighted by Crippen LogP contribution is 2.29. The largest absolute Gasteiger partial charge is 0.440 e. The van der Waals surface area contributed by atoms with Crippen molar-refractivity contribution < 1.29 is 4.74 Å². The molecule has 2 aromatic carbocycles. The number of nitrogens with two attached hydrogens (primary N) is 1. The van der Waals surface area contributed by atoms with Crippen molar-refractivity contribution >= 4 is 0 Å². The number of fused-ring (bicyclic) bond motifs is 1. The summed E-state index contributed by atoms with van der Waals surface area (Å²) >= 11 is 0. The van der Waals surface area contributed by atoms with E-state index in [-0.39, 0.29) is 5.88 Å². The van der Waals surface area contributed by atoms with Gasteiger partial charge in [-0.05, 0) is 23.6 Å². The van der Waals surface area contributed by atoms with E-state index in [9.17, 15) is 0 Å². The molecule has 0 bridgehead atoms. The molecule has 0 radical (unpaired) electrons. The second kappa shape index (κ2) is 5.10. The molecular formula is C17H14N2O. The molecule has 0 unspecified atom stereocenters. The van der Waals surface area contributed by atoms with Gasteiger partial charge in [-0.3, -0.25) is 0 Å². The molecule has 3 nitrogen and oxygen atoms in total. The third-order valence-electron chi connectivity index (χ3n) is 3.40. The fourth-order valence-electron chi connectivity index (χ4n) is 2.36. The molecule has 0 atom stereocenters. The molecule has 0 saturated heterocycles. The van der Waals surface area contributed by atoms with Gasteiger partial charge in [-0.2, -0.15) is 5.26 Å². The number of nitrogens with zero attached hydrogens (tertiary/aromatic N) is 1. The van der Waals surface area contributed by atoms with Crippen molar-refractivity contribution in [3.63, 3.8) is 0 Å². The Hall–Kier alpha value is -2.73. The number of allylic oxidation sites excluding steroid dienone is 1. The Morgan fingerprint density at radius 2 is 1.90 bits per heavy atom. The van der Waals surface area contributed by atoms with E-state index in [1.54, 1.807) is 0 Å². The van der Waals surface area contributed by atoms with Gasteiger partial charge in [0.05, 0.1) is 5.57 Å². The van der Waals surface area contributed by atoms with Crippen LogP contribution in [0.5, 0.6) is 5.75 Å². The van der Waals surface area contributed by atoms with Crippen LogP contribution in [0.25, 0.3) is 0 Å². The maximum Gasteiger partial charge on any atom is 0.205 e. The highest BCUT2D eigenvalue weighted by Gasteiger charge is 2.18. The Balaban J connectivity index is 1.87. The summed E-state index contributed by atoms with van der Waals surface area (Å²) in [5.41, 5.74) is 9.68. The minimum atomic E-state index is 0.218. The highest BCUT2D eigenvalue weighted by molar-refractivity contribution is 5.47. The number of hydrogen-bond donors (Lipinski definition) is 1. The van der Waals surface area contributed by atoms with Crippen molar-refractivity contribution in [2.75, 3.05) is 0 Å². The summed E-state index contributed by atoms with van der Waals surface area (Å²) in [5, 5.41) is 9.02. The van der Waals surface area contributed by atoms with E-state index in [1.165, 1.54) is 11.1 Å². The van der Waals surface area contributed by atoms with Crippen LogP contribution in [0.1, 0.15) is 16.7 Å². The molecule has 3 rings (SSSR count). The van der Waals surface area contributed by atoms with E-state index in [4.69, 9.17) is 15.7 Å². The summed E-state index contributed by atoms with van der Waals surface area (Å²) in [7, 11) is 0. The number of rotatable bonds is 2. The van der Waals surface area contributed by atoms with Crippen molar-refractivity contribution in [3.8, 4) is 11.8 Å². The molecule has 1 aliphatic heterocycles. The molecule has 0 aromatic heterocycles. The molecule has 0 amide bonds. The first-order chi connectivity index (χ1) is 9.76. The summed E-state index contributed by atoms with van der Waals surface area (Å²) in [6.45, 7) is 0. The summed E-state index contributed by atoms with van der Waals surface area (Å²) in [6, 6.07) is 18.4. The van der Waals surface area contributed by atoms with Crippen molar-refractivity contribution in [3.05, 3.63) is 76.7 Å². The average molecular weight is 262 g/mol. The van der Waals surface area contributed by atoms with Crippen LogP contribution in [0.3, 0.4) is 0 Å². The molecule has 2 aromatic rings. The van der Waals surface area contributed by atoms with Crippen LogP contribution in [0.2, 0.25) is 0 Å². The second-order valence-corrected chi connectivity index (χ2v) is 4.84. The number of benzene rings is 2. The third-order valence-corrected chi connectivity index (χ3v) is 3.40. The van der Waals surface area contributed by atoms with Crippen LogP contribution in [0.15, 0.2) is 60.0 Å². The SMILES string of the molecule is N#CC1=C(N)Oc2ccc(Cc3ccccc3)cc2C1. The van der Waals surface area contributed by atoms with Crippen LogP contribution >= 0.6 is 0 Å². The lowest BCUT2D eigenvalue weighted by atomic mass is 9.97. The van der Waals surface area contributed by atoms with Gasteiger partial charge in [0.25, 0.3) is 0 Å². The van der Waals surface area contributed by atoms with Gasteiger partial charge in [0.2, 0.25) is 5.88 Å². The van der Waals surface area contributed by atoms with Crippen molar-refractivity contribution in [2.24, 2.45) is 5.73 Å². The Morgan fingerprint density at radius 1 is 1.10 bits per heavy atom. The first-order valence-electron chi connectivity index (χ1n) is 6.48. The van der Waals surface area contributed by atoms with Crippen LogP contribution in [-0.2, 0) is 12.8 Å². The fourth-order valence-corrected chi connectivity index (χ4v) is 2.36. The van der Waals surface area contributed by atoms with Gasteiger partial charge in [-0.25, -0.2) is 0 Å². The average Bonchev–Trinajstić information content (AvgIpc) is 2.48.